The zero-order chi connectivity index (χ0) is 29.3. The number of hydrogen-bond donors (Lipinski definition) is 0. The normalized spacial score (nSPS) is 12.2. The highest BCUT2D eigenvalue weighted by atomic mass is 32.2. The average Bonchev–Trinajstić information content (AvgIpc) is 2.83. The molecule has 0 aromatic heterocycles. The topological polar surface area (TPSA) is 46.6 Å². The van der Waals surface area contributed by atoms with Crippen molar-refractivity contribution in [3.05, 3.63) is 65.2 Å². The van der Waals surface area contributed by atoms with E-state index in [0.717, 1.165) is 49.0 Å². The number of nitrogens with zero attached hydrogens (tertiary/aromatic N) is 1. The highest BCUT2D eigenvalue weighted by molar-refractivity contribution is 7.89. The molecule has 0 spiro atoms. The van der Waals surface area contributed by atoms with Crippen LogP contribution >= 0.6 is 0 Å². The van der Waals surface area contributed by atoms with Crippen molar-refractivity contribution < 1.29 is 12.8 Å². The SMILES string of the molecule is Cc1ccc(S(=O)(=O)N(C#Cc2ccccc2C#C[Si](C)(C)C)CCCCCCO[Si](C)(C)C(C)(C)C)cc1. The predicted molar refractivity (Wildman–Crippen MR) is 170 cm³/mol. The molecule has 0 amide bonds. The molecule has 0 aliphatic carbocycles. The minimum absolute atomic E-state index is 0.204. The molecule has 0 aliphatic rings. The number of hydrogen-bond acceptors (Lipinski definition) is 3. The summed E-state index contributed by atoms with van der Waals surface area (Å²) in [6.45, 7) is 20.9. The molecule has 0 fully saturated rings. The Morgan fingerprint density at radius 2 is 1.38 bits per heavy atom. The van der Waals surface area contributed by atoms with Gasteiger partial charge in [-0.15, -0.1) is 5.54 Å². The summed E-state index contributed by atoms with van der Waals surface area (Å²) < 4.78 is 34.7. The number of rotatable bonds is 10. The molecule has 212 valence electrons. The van der Waals surface area contributed by atoms with Gasteiger partial charge >= 0.3 is 0 Å². The lowest BCUT2D eigenvalue weighted by atomic mass is 10.1. The molecule has 39 heavy (non-hydrogen) atoms. The van der Waals surface area contributed by atoms with Crippen LogP contribution in [-0.2, 0) is 14.4 Å². The first-order valence-corrected chi connectivity index (χ1v) is 21.7. The fourth-order valence-electron chi connectivity index (χ4n) is 3.41. The molecule has 2 aromatic rings. The second kappa shape index (κ2) is 13.9. The summed E-state index contributed by atoms with van der Waals surface area (Å²) in [5.74, 6) is 6.40. The third-order valence-electron chi connectivity index (χ3n) is 6.95. The van der Waals surface area contributed by atoms with Gasteiger partial charge in [-0.05, 0) is 68.1 Å². The summed E-state index contributed by atoms with van der Waals surface area (Å²) in [6.07, 6.45) is 3.62. The Hall–Kier alpha value is -2.30. The van der Waals surface area contributed by atoms with Crippen LogP contribution in [0.3, 0.4) is 0 Å². The highest BCUT2D eigenvalue weighted by Crippen LogP contribution is 2.36. The summed E-state index contributed by atoms with van der Waals surface area (Å²) in [6, 6.07) is 17.6. The summed E-state index contributed by atoms with van der Waals surface area (Å²) >= 11 is 0. The monoisotopic (exact) mass is 581 g/mol. The number of aryl methyl sites for hydroxylation is 1. The van der Waals surface area contributed by atoms with Crippen LogP contribution in [0.4, 0.5) is 0 Å². The van der Waals surface area contributed by atoms with E-state index in [0.29, 0.717) is 6.54 Å². The Balaban J connectivity index is 2.17. The van der Waals surface area contributed by atoms with E-state index in [-0.39, 0.29) is 9.93 Å². The van der Waals surface area contributed by atoms with E-state index in [4.69, 9.17) is 4.43 Å². The molecule has 0 saturated heterocycles. The van der Waals surface area contributed by atoms with E-state index in [1.807, 2.05) is 43.3 Å². The number of unbranched alkanes of at least 4 members (excludes halogenated alkanes) is 3. The standard InChI is InChI=1S/C32H47NO3SSi2/c1-28-18-20-31(21-19-28)37(34,35)33(24-14-10-11-15-26-36-39(8,9)32(2,3)4)25-22-29-16-12-13-17-30(29)23-27-38(5,6)7/h12-13,16-21H,10-11,14-15,24,26H2,1-9H3. The van der Waals surface area contributed by atoms with Crippen LogP contribution in [0, 0.1) is 30.4 Å². The van der Waals surface area contributed by atoms with Crippen LogP contribution in [0.15, 0.2) is 53.4 Å². The fourth-order valence-corrected chi connectivity index (χ4v) is 6.27. The van der Waals surface area contributed by atoms with Gasteiger partial charge in [0, 0.05) is 30.3 Å². The van der Waals surface area contributed by atoms with Gasteiger partial charge < -0.3 is 4.43 Å². The summed E-state index contributed by atoms with van der Waals surface area (Å²) in [5.41, 5.74) is 5.98. The van der Waals surface area contributed by atoms with E-state index in [1.54, 1.807) is 12.1 Å². The van der Waals surface area contributed by atoms with Crippen molar-refractivity contribution in [3.63, 3.8) is 0 Å². The van der Waals surface area contributed by atoms with Crippen molar-refractivity contribution in [1.29, 1.82) is 0 Å². The molecule has 7 heteroatoms. The highest BCUT2D eigenvalue weighted by Gasteiger charge is 2.36. The number of sulfonamides is 1. The van der Waals surface area contributed by atoms with Gasteiger partial charge in [0.15, 0.2) is 8.32 Å². The quantitative estimate of drug-likeness (QED) is 0.124. The van der Waals surface area contributed by atoms with Gasteiger partial charge in [-0.1, -0.05) is 89.0 Å². The molecule has 0 bridgehead atoms. The van der Waals surface area contributed by atoms with Crippen molar-refractivity contribution in [1.82, 2.24) is 4.31 Å². The maximum atomic E-state index is 13.6. The molecule has 0 radical (unpaired) electrons. The third kappa shape index (κ3) is 10.7. The van der Waals surface area contributed by atoms with Crippen molar-refractivity contribution in [2.75, 3.05) is 13.2 Å². The van der Waals surface area contributed by atoms with E-state index < -0.39 is 26.4 Å². The smallest absolute Gasteiger partial charge is 0.270 e. The Morgan fingerprint density at radius 3 is 1.95 bits per heavy atom. The molecular weight excluding hydrogens is 535 g/mol. The van der Waals surface area contributed by atoms with E-state index in [1.165, 1.54) is 4.31 Å². The summed E-state index contributed by atoms with van der Waals surface area (Å²) in [7, 11) is -7.05. The van der Waals surface area contributed by atoms with Crippen LogP contribution < -0.4 is 0 Å². The predicted octanol–water partition coefficient (Wildman–Crippen LogP) is 7.81. The lowest BCUT2D eigenvalue weighted by Gasteiger charge is -2.36. The molecule has 4 nitrogen and oxygen atoms in total. The second-order valence-corrected chi connectivity index (χ2v) is 24.1. The van der Waals surface area contributed by atoms with Crippen LogP contribution in [0.5, 0.6) is 0 Å². The van der Waals surface area contributed by atoms with E-state index in [9.17, 15) is 8.42 Å². The second-order valence-electron chi connectivity index (χ2n) is 12.7. The first-order chi connectivity index (χ1) is 18.0. The molecular formula is C32H47NO3SSi2. The Labute approximate surface area is 240 Å². The third-order valence-corrected chi connectivity index (χ3v) is 14.1. The lowest BCUT2D eigenvalue weighted by Crippen LogP contribution is -2.40. The summed E-state index contributed by atoms with van der Waals surface area (Å²) in [4.78, 5) is 0.261. The molecule has 2 aromatic carbocycles. The van der Waals surface area contributed by atoms with E-state index >= 15 is 0 Å². The summed E-state index contributed by atoms with van der Waals surface area (Å²) in [5, 5.41) is 0.204. The van der Waals surface area contributed by atoms with Gasteiger partial charge in [0.05, 0.1) is 4.90 Å². The first-order valence-electron chi connectivity index (χ1n) is 13.9. The number of benzene rings is 2. The van der Waals surface area contributed by atoms with Crippen LogP contribution in [-0.4, -0.2) is 42.3 Å². The molecule has 0 atom stereocenters. The lowest BCUT2D eigenvalue weighted by molar-refractivity contribution is 0.277. The minimum atomic E-state index is -3.76. The van der Waals surface area contributed by atoms with Gasteiger partial charge in [0.1, 0.15) is 8.07 Å². The molecule has 0 N–H and O–H groups in total. The van der Waals surface area contributed by atoms with Gasteiger partial charge in [-0.2, -0.15) is 0 Å². The van der Waals surface area contributed by atoms with Crippen molar-refractivity contribution >= 4 is 26.4 Å². The van der Waals surface area contributed by atoms with Crippen LogP contribution in [0.25, 0.3) is 0 Å². The molecule has 0 saturated carbocycles. The molecule has 2 rings (SSSR count). The van der Waals surface area contributed by atoms with Crippen molar-refractivity contribution in [2.24, 2.45) is 0 Å². The van der Waals surface area contributed by atoms with Gasteiger partial charge in [-0.25, -0.2) is 12.7 Å². The molecule has 0 aliphatic heterocycles. The maximum absolute atomic E-state index is 13.6. The largest absolute Gasteiger partial charge is 0.417 e. The first kappa shape index (κ1) is 32.9. The van der Waals surface area contributed by atoms with Crippen molar-refractivity contribution in [2.45, 2.75) is 96.0 Å². The van der Waals surface area contributed by atoms with Gasteiger partial charge in [-0.3, -0.25) is 0 Å². The van der Waals surface area contributed by atoms with Crippen LogP contribution in [0.1, 0.15) is 63.1 Å². The van der Waals surface area contributed by atoms with Crippen LogP contribution in [0.2, 0.25) is 37.8 Å². The maximum Gasteiger partial charge on any atom is 0.270 e. The fraction of sp³-hybridized carbons (Fsp3) is 0.500. The van der Waals surface area contributed by atoms with Crippen molar-refractivity contribution in [3.8, 4) is 23.4 Å². The Morgan fingerprint density at radius 1 is 0.821 bits per heavy atom. The van der Waals surface area contributed by atoms with E-state index in [2.05, 4.69) is 76.9 Å². The Bertz CT molecular complexity index is 1310. The molecule has 0 heterocycles. The minimum Gasteiger partial charge on any atom is -0.417 e. The van der Waals surface area contributed by atoms with Gasteiger partial charge in [0.2, 0.25) is 0 Å². The zero-order valence-electron chi connectivity index (χ0n) is 25.4. The molecule has 0 unspecified atom stereocenters. The average molecular weight is 582 g/mol. The Kier molecular flexibility index (Phi) is 11.7. The van der Waals surface area contributed by atoms with Gasteiger partial charge in [0.25, 0.3) is 10.0 Å². The zero-order valence-corrected chi connectivity index (χ0v) is 28.3.